The first-order valence-corrected chi connectivity index (χ1v) is 11.3. The summed E-state index contributed by atoms with van der Waals surface area (Å²) in [6, 6.07) is 11.7. The maximum absolute atomic E-state index is 12.5. The maximum atomic E-state index is 12.5. The van der Waals surface area contributed by atoms with Crippen LogP contribution in [0.15, 0.2) is 78.1 Å². The second-order valence-corrected chi connectivity index (χ2v) is 8.78. The van der Waals surface area contributed by atoms with Crippen molar-refractivity contribution >= 4 is 33.5 Å². The van der Waals surface area contributed by atoms with Crippen molar-refractivity contribution in [1.29, 1.82) is 0 Å². The zero-order valence-electron chi connectivity index (χ0n) is 19.8. The van der Waals surface area contributed by atoms with E-state index in [2.05, 4.69) is 26.3 Å². The molecular weight excluding hydrogens is 440 g/mol. The number of aryl methyl sites for hydroxylation is 1. The van der Waals surface area contributed by atoms with Crippen molar-refractivity contribution in [2.45, 2.75) is 0 Å². The Labute approximate surface area is 201 Å². The molecule has 0 fully saturated rings. The molecule has 1 amide bonds. The number of nitrogens with one attached hydrogen (secondary N) is 3. The number of anilines is 1. The number of hydrogen-bond acceptors (Lipinski definition) is 4. The first-order valence-electron chi connectivity index (χ1n) is 11.3. The van der Waals surface area contributed by atoms with E-state index in [-0.39, 0.29) is 11.5 Å². The molecule has 0 aliphatic carbocycles. The molecule has 176 valence electrons. The highest BCUT2D eigenvalue weighted by Gasteiger charge is 2.15. The molecule has 8 nitrogen and oxygen atoms in total. The minimum Gasteiger partial charge on any atom is -0.357 e. The Hall–Kier alpha value is -4.43. The smallest absolute Gasteiger partial charge is 0.274 e. The molecule has 0 unspecified atom stereocenters. The Balaban J connectivity index is 1.51. The largest absolute Gasteiger partial charge is 0.357 e. The third-order valence-electron chi connectivity index (χ3n) is 5.92. The van der Waals surface area contributed by atoms with Crippen LogP contribution in [0.3, 0.4) is 0 Å². The van der Waals surface area contributed by atoms with Crippen LogP contribution in [0.5, 0.6) is 0 Å². The summed E-state index contributed by atoms with van der Waals surface area (Å²) >= 11 is 0. The quantitative estimate of drug-likeness (QED) is 0.328. The standard InChI is InChI=1S/C27H26N6O2/c1-32(2)11-5-8-24(34)31-19-7-4-6-17(12-19)18-13-21-22(15-30-26(21)29-14-18)23-16-33(3)27(35)25-20(23)9-10-28-25/h4-10,12-16,28H,11H2,1-3H3,(H,29,30)(H,31,34)/b8-5+. The summed E-state index contributed by atoms with van der Waals surface area (Å²) in [7, 11) is 5.65. The molecular formula is C27H26N6O2. The van der Waals surface area contributed by atoms with E-state index >= 15 is 0 Å². The van der Waals surface area contributed by atoms with Crippen molar-refractivity contribution in [3.63, 3.8) is 0 Å². The normalized spacial score (nSPS) is 11.8. The fraction of sp³-hybridized carbons (Fsp3) is 0.148. The summed E-state index contributed by atoms with van der Waals surface area (Å²) in [6.07, 6.45) is 10.7. The molecule has 4 aromatic heterocycles. The molecule has 0 radical (unpaired) electrons. The number of rotatable bonds is 6. The van der Waals surface area contributed by atoms with E-state index in [0.29, 0.717) is 17.7 Å². The third-order valence-corrected chi connectivity index (χ3v) is 5.92. The minimum atomic E-state index is -0.171. The van der Waals surface area contributed by atoms with Gasteiger partial charge in [0, 0.05) is 77.6 Å². The van der Waals surface area contributed by atoms with Crippen LogP contribution in [0, 0.1) is 0 Å². The van der Waals surface area contributed by atoms with Crippen molar-refractivity contribution < 1.29 is 4.79 Å². The van der Waals surface area contributed by atoms with E-state index < -0.39 is 0 Å². The Morgan fingerprint density at radius 1 is 1.11 bits per heavy atom. The second kappa shape index (κ2) is 9.08. The average molecular weight is 467 g/mol. The highest BCUT2D eigenvalue weighted by Crippen LogP contribution is 2.34. The van der Waals surface area contributed by atoms with Gasteiger partial charge in [0.25, 0.3) is 5.56 Å². The van der Waals surface area contributed by atoms with Gasteiger partial charge < -0.3 is 24.8 Å². The fourth-order valence-electron chi connectivity index (χ4n) is 4.20. The molecule has 0 aliphatic heterocycles. The average Bonchev–Trinajstić information content (AvgIpc) is 3.49. The Morgan fingerprint density at radius 2 is 1.97 bits per heavy atom. The van der Waals surface area contributed by atoms with Crippen LogP contribution in [0.2, 0.25) is 0 Å². The number of benzene rings is 1. The van der Waals surface area contributed by atoms with Crippen LogP contribution in [-0.4, -0.2) is 51.0 Å². The molecule has 0 saturated carbocycles. The van der Waals surface area contributed by atoms with Gasteiger partial charge in [-0.25, -0.2) is 4.98 Å². The number of fused-ring (bicyclic) bond motifs is 2. The molecule has 4 heterocycles. The lowest BCUT2D eigenvalue weighted by Gasteiger charge is -2.08. The first kappa shape index (κ1) is 22.4. The Morgan fingerprint density at radius 3 is 2.80 bits per heavy atom. The van der Waals surface area contributed by atoms with Gasteiger partial charge in [0.05, 0.1) is 0 Å². The molecule has 0 bridgehead atoms. The molecule has 5 rings (SSSR count). The predicted octanol–water partition coefficient (Wildman–Crippen LogP) is 4.13. The summed E-state index contributed by atoms with van der Waals surface area (Å²) in [5.41, 5.74) is 5.75. The second-order valence-electron chi connectivity index (χ2n) is 8.78. The van der Waals surface area contributed by atoms with Crippen LogP contribution >= 0.6 is 0 Å². The summed E-state index contributed by atoms with van der Waals surface area (Å²) in [5.74, 6) is -0.171. The molecule has 0 saturated heterocycles. The predicted molar refractivity (Wildman–Crippen MR) is 140 cm³/mol. The van der Waals surface area contributed by atoms with Crippen LogP contribution in [-0.2, 0) is 11.8 Å². The van der Waals surface area contributed by atoms with Gasteiger partial charge in [0.2, 0.25) is 5.91 Å². The van der Waals surface area contributed by atoms with Crippen molar-refractivity contribution in [2.24, 2.45) is 7.05 Å². The minimum absolute atomic E-state index is 0.0668. The Bertz CT molecular complexity index is 1640. The number of hydrogen-bond donors (Lipinski definition) is 3. The number of likely N-dealkylation sites (N-methyl/N-ethyl adjacent to an activating group) is 1. The van der Waals surface area contributed by atoms with Crippen molar-refractivity contribution in [2.75, 3.05) is 26.0 Å². The molecule has 0 aliphatic rings. The highest BCUT2D eigenvalue weighted by molar-refractivity contribution is 6.04. The van der Waals surface area contributed by atoms with E-state index in [0.717, 1.165) is 38.7 Å². The summed E-state index contributed by atoms with van der Waals surface area (Å²) in [6.45, 7) is 0.697. The molecule has 3 N–H and O–H groups in total. The number of aromatic amines is 2. The van der Waals surface area contributed by atoms with Crippen LogP contribution in [0.1, 0.15) is 0 Å². The number of H-pyrrole nitrogens is 2. The molecule has 0 atom stereocenters. The highest BCUT2D eigenvalue weighted by atomic mass is 16.1. The van der Waals surface area contributed by atoms with Gasteiger partial charge in [0.1, 0.15) is 11.2 Å². The number of nitrogens with zero attached hydrogens (tertiary/aromatic N) is 3. The monoisotopic (exact) mass is 466 g/mol. The topological polar surface area (TPSA) is 98.8 Å². The van der Waals surface area contributed by atoms with Gasteiger partial charge in [-0.05, 0) is 43.9 Å². The SMILES string of the molecule is CN(C)C/C=C/C(=O)Nc1cccc(-c2cnc3[nH]cc(-c4cn(C)c(=O)c5[nH]ccc45)c3c2)c1. The summed E-state index contributed by atoms with van der Waals surface area (Å²) in [4.78, 5) is 37.7. The van der Waals surface area contributed by atoms with Crippen LogP contribution in [0.4, 0.5) is 5.69 Å². The number of aromatic nitrogens is 4. The van der Waals surface area contributed by atoms with Gasteiger partial charge in [-0.1, -0.05) is 18.2 Å². The van der Waals surface area contributed by atoms with Gasteiger partial charge in [-0.15, -0.1) is 0 Å². The van der Waals surface area contributed by atoms with Gasteiger partial charge in [-0.3, -0.25) is 9.59 Å². The van der Waals surface area contributed by atoms with Crippen molar-refractivity contribution in [1.82, 2.24) is 24.4 Å². The lowest BCUT2D eigenvalue weighted by atomic mass is 10.0. The first-order chi connectivity index (χ1) is 16.9. The van der Waals surface area contributed by atoms with Gasteiger partial charge >= 0.3 is 0 Å². The zero-order valence-corrected chi connectivity index (χ0v) is 19.8. The van der Waals surface area contributed by atoms with Gasteiger partial charge in [0.15, 0.2) is 0 Å². The number of pyridine rings is 2. The van der Waals surface area contributed by atoms with E-state index in [1.165, 1.54) is 0 Å². The van der Waals surface area contributed by atoms with Crippen LogP contribution in [0.25, 0.3) is 44.2 Å². The van der Waals surface area contributed by atoms with E-state index in [9.17, 15) is 9.59 Å². The van der Waals surface area contributed by atoms with Crippen molar-refractivity contribution in [3.8, 4) is 22.3 Å². The Kier molecular flexibility index (Phi) is 5.80. The number of carbonyl (C=O) groups excluding carboxylic acids is 1. The van der Waals surface area contributed by atoms with Crippen molar-refractivity contribution in [3.05, 3.63) is 83.7 Å². The van der Waals surface area contributed by atoms with Gasteiger partial charge in [-0.2, -0.15) is 0 Å². The molecule has 5 aromatic rings. The van der Waals surface area contributed by atoms with E-state index in [1.54, 1.807) is 23.9 Å². The molecule has 1 aromatic carbocycles. The molecule has 35 heavy (non-hydrogen) atoms. The third kappa shape index (κ3) is 4.39. The zero-order chi connectivity index (χ0) is 24.5. The summed E-state index contributed by atoms with van der Waals surface area (Å²) < 4.78 is 1.59. The lowest BCUT2D eigenvalue weighted by Crippen LogP contribution is -2.16. The maximum Gasteiger partial charge on any atom is 0.274 e. The lowest BCUT2D eigenvalue weighted by molar-refractivity contribution is -0.111. The van der Waals surface area contributed by atoms with E-state index in [4.69, 9.17) is 0 Å². The molecule has 8 heteroatoms. The summed E-state index contributed by atoms with van der Waals surface area (Å²) in [5, 5.41) is 4.73. The van der Waals surface area contributed by atoms with Crippen LogP contribution < -0.4 is 10.9 Å². The fourth-order valence-corrected chi connectivity index (χ4v) is 4.20. The molecule has 0 spiro atoms. The van der Waals surface area contributed by atoms with E-state index in [1.807, 2.05) is 74.0 Å². The number of amides is 1. The number of carbonyl (C=O) groups is 1.